The maximum absolute atomic E-state index is 14.6. The van der Waals surface area contributed by atoms with E-state index in [-0.39, 0.29) is 18.4 Å². The highest BCUT2D eigenvalue weighted by atomic mass is 35.5. The normalized spacial score (nSPS) is 16.4. The Hall–Kier alpha value is -2.56. The molecule has 2 aromatic rings. The van der Waals surface area contributed by atoms with Gasteiger partial charge in [-0.05, 0) is 49.8 Å². The average molecular weight is 578 g/mol. The molecule has 1 saturated heterocycles. The van der Waals surface area contributed by atoms with Crippen LogP contribution >= 0.6 is 23.2 Å². The van der Waals surface area contributed by atoms with Gasteiger partial charge in [-0.1, -0.05) is 35.3 Å². The summed E-state index contributed by atoms with van der Waals surface area (Å²) in [5, 5.41) is 3.90. The number of rotatable bonds is 7. The number of halogens is 6. The minimum atomic E-state index is -4.99. The molecule has 12 heteroatoms. The van der Waals surface area contributed by atoms with E-state index in [1.165, 1.54) is 18.2 Å². The molecule has 2 heterocycles. The van der Waals surface area contributed by atoms with Gasteiger partial charge in [0, 0.05) is 54.8 Å². The van der Waals surface area contributed by atoms with E-state index in [0.717, 1.165) is 0 Å². The van der Waals surface area contributed by atoms with Gasteiger partial charge in [-0.25, -0.2) is 4.39 Å². The predicted molar refractivity (Wildman–Crippen MR) is 138 cm³/mol. The number of hydrogen-bond donors (Lipinski definition) is 1. The second kappa shape index (κ2) is 12.5. The van der Waals surface area contributed by atoms with Crippen molar-refractivity contribution in [1.29, 1.82) is 0 Å². The van der Waals surface area contributed by atoms with E-state index in [4.69, 9.17) is 27.9 Å². The van der Waals surface area contributed by atoms with E-state index < -0.39 is 17.9 Å². The van der Waals surface area contributed by atoms with Crippen molar-refractivity contribution in [3.8, 4) is 0 Å². The Morgan fingerprint density at radius 1 is 1.13 bits per heavy atom. The van der Waals surface area contributed by atoms with E-state index in [1.807, 2.05) is 4.57 Å². The molecule has 1 aromatic heterocycles. The Balaban J connectivity index is 1.78. The average Bonchev–Trinajstić information content (AvgIpc) is 3.26. The first-order chi connectivity index (χ1) is 17.8. The number of carbonyl (C=O) groups excluding carboxylic acids is 2. The number of hydrogen-bond acceptors (Lipinski definition) is 3. The number of likely N-dealkylation sites (tertiary alicyclic amines) is 1. The fourth-order valence-corrected chi connectivity index (χ4v) is 5.06. The molecule has 0 unspecified atom stereocenters. The molecule has 3 rings (SSSR count). The van der Waals surface area contributed by atoms with Crippen molar-refractivity contribution < 1.29 is 31.9 Å². The maximum atomic E-state index is 14.6. The van der Waals surface area contributed by atoms with Crippen molar-refractivity contribution >= 4 is 45.1 Å². The third-order valence-electron chi connectivity index (χ3n) is 6.51. The molecule has 1 fully saturated rings. The van der Waals surface area contributed by atoms with E-state index in [1.54, 1.807) is 37.4 Å². The predicted octanol–water partition coefficient (Wildman–Crippen LogP) is 4.21. The van der Waals surface area contributed by atoms with Crippen LogP contribution in [0.2, 0.25) is 0 Å². The lowest BCUT2D eigenvalue weighted by atomic mass is 9.88. The summed E-state index contributed by atoms with van der Waals surface area (Å²) in [6.45, 7) is 4.62. The van der Waals surface area contributed by atoms with Crippen molar-refractivity contribution in [1.82, 2.24) is 14.8 Å². The van der Waals surface area contributed by atoms with Gasteiger partial charge in [0.1, 0.15) is 5.82 Å². The standard InChI is InChI=1S/C26H29Cl2F4N3O3/c1-15(27)22-20(14-35(10-11-38-3)23(22)16(2)28)24(36)34-8-6-18(7-9-34)19-12-17(4-5-21(19)29)13-33-25(37)26(30,31)32/h4-5,12,14,18H,6-11,13H2,1-3H3,(H,33,37)/b22-15+,23-16-. The molecule has 1 aliphatic heterocycles. The first-order valence-corrected chi connectivity index (χ1v) is 12.7. The fourth-order valence-electron chi connectivity index (χ4n) is 4.67. The SMILES string of the molecule is COCCn1cc(C(=O)N2CCC(c3cc(CNC(=O)C(F)(F)F)ccc3F)CC2)c(=C(/C)Cl)/c1=C(\C)Cl. The lowest BCUT2D eigenvalue weighted by molar-refractivity contribution is -0.173. The van der Waals surface area contributed by atoms with Crippen molar-refractivity contribution in [2.45, 2.75) is 51.9 Å². The number of ether oxygens (including phenoxy) is 1. The second-order valence-corrected chi connectivity index (χ2v) is 10.3. The minimum Gasteiger partial charge on any atom is -0.383 e. The summed E-state index contributed by atoms with van der Waals surface area (Å²) in [5.41, 5.74) is 1.12. The first-order valence-electron chi connectivity index (χ1n) is 12.0. The van der Waals surface area contributed by atoms with Gasteiger partial charge in [-0.15, -0.1) is 0 Å². The molecule has 0 saturated carbocycles. The van der Waals surface area contributed by atoms with E-state index >= 15 is 0 Å². The number of methoxy groups -OCH3 is 1. The van der Waals surface area contributed by atoms with Crippen LogP contribution in [-0.4, -0.2) is 54.3 Å². The van der Waals surface area contributed by atoms with Gasteiger partial charge in [0.15, 0.2) is 0 Å². The third-order valence-corrected chi connectivity index (χ3v) is 6.88. The van der Waals surface area contributed by atoms with Crippen LogP contribution in [0.3, 0.4) is 0 Å². The summed E-state index contributed by atoms with van der Waals surface area (Å²) in [6.07, 6.45) is -2.36. The quantitative estimate of drug-likeness (QED) is 0.501. The zero-order valence-corrected chi connectivity index (χ0v) is 22.7. The van der Waals surface area contributed by atoms with Gasteiger partial charge in [0.05, 0.1) is 17.5 Å². The Morgan fingerprint density at radius 2 is 1.79 bits per heavy atom. The van der Waals surface area contributed by atoms with Crippen LogP contribution in [0.4, 0.5) is 17.6 Å². The van der Waals surface area contributed by atoms with Crippen molar-refractivity contribution in [2.75, 3.05) is 26.8 Å². The van der Waals surface area contributed by atoms with Gasteiger partial charge >= 0.3 is 12.1 Å². The summed E-state index contributed by atoms with van der Waals surface area (Å²) in [5.74, 6) is -3.00. The Morgan fingerprint density at radius 3 is 2.34 bits per heavy atom. The lowest BCUT2D eigenvalue weighted by Crippen LogP contribution is -2.41. The highest BCUT2D eigenvalue weighted by Crippen LogP contribution is 2.31. The third kappa shape index (κ3) is 6.90. The molecule has 1 N–H and O–H groups in total. The molecule has 0 bridgehead atoms. The van der Waals surface area contributed by atoms with E-state index in [0.29, 0.717) is 76.4 Å². The van der Waals surface area contributed by atoms with E-state index in [2.05, 4.69) is 0 Å². The maximum Gasteiger partial charge on any atom is 0.471 e. The van der Waals surface area contributed by atoms with Crippen LogP contribution in [0.5, 0.6) is 0 Å². The van der Waals surface area contributed by atoms with Crippen molar-refractivity contribution in [3.63, 3.8) is 0 Å². The van der Waals surface area contributed by atoms with Gasteiger partial charge < -0.3 is 19.5 Å². The largest absolute Gasteiger partial charge is 0.471 e. The highest BCUT2D eigenvalue weighted by molar-refractivity contribution is 6.46. The molecule has 208 valence electrons. The van der Waals surface area contributed by atoms with Crippen LogP contribution in [0.25, 0.3) is 10.1 Å². The summed E-state index contributed by atoms with van der Waals surface area (Å²) >= 11 is 12.8. The molecule has 0 atom stereocenters. The number of alkyl halides is 3. The minimum absolute atomic E-state index is 0.224. The number of nitrogens with zero attached hydrogens (tertiary/aromatic N) is 2. The summed E-state index contributed by atoms with van der Waals surface area (Å²) in [7, 11) is 1.58. The highest BCUT2D eigenvalue weighted by Gasteiger charge is 2.38. The Bertz CT molecular complexity index is 1310. The molecule has 0 aliphatic carbocycles. The monoisotopic (exact) mass is 577 g/mol. The number of carbonyl (C=O) groups is 2. The first kappa shape index (κ1) is 30.0. The number of aromatic nitrogens is 1. The molecule has 2 amide bonds. The van der Waals surface area contributed by atoms with Crippen LogP contribution in [-0.2, 0) is 22.6 Å². The van der Waals surface area contributed by atoms with Crippen LogP contribution in [0.1, 0.15) is 54.1 Å². The van der Waals surface area contributed by atoms with Gasteiger partial charge in [-0.2, -0.15) is 13.2 Å². The van der Waals surface area contributed by atoms with Crippen LogP contribution < -0.4 is 15.9 Å². The molecular formula is C26H29Cl2F4N3O3. The molecular weight excluding hydrogens is 549 g/mol. The zero-order valence-electron chi connectivity index (χ0n) is 21.2. The number of nitrogens with one attached hydrogen (secondary N) is 1. The van der Waals surface area contributed by atoms with Gasteiger partial charge in [0.2, 0.25) is 0 Å². The van der Waals surface area contributed by atoms with Crippen LogP contribution in [0, 0.1) is 5.82 Å². The molecule has 0 radical (unpaired) electrons. The molecule has 6 nitrogen and oxygen atoms in total. The summed E-state index contributed by atoms with van der Waals surface area (Å²) in [6, 6.07) is 3.99. The molecule has 0 spiro atoms. The fraction of sp³-hybridized carbons (Fsp3) is 0.462. The summed E-state index contributed by atoms with van der Waals surface area (Å²) < 4.78 is 59.1. The van der Waals surface area contributed by atoms with Crippen molar-refractivity contribution in [3.05, 3.63) is 57.5 Å². The van der Waals surface area contributed by atoms with Crippen LogP contribution in [0.15, 0.2) is 24.4 Å². The van der Waals surface area contributed by atoms with Gasteiger partial charge in [0.25, 0.3) is 5.91 Å². The topological polar surface area (TPSA) is 63.6 Å². The number of amides is 2. The molecule has 38 heavy (non-hydrogen) atoms. The Kier molecular flexibility index (Phi) is 9.89. The molecule has 1 aliphatic rings. The smallest absolute Gasteiger partial charge is 0.383 e. The van der Waals surface area contributed by atoms with Crippen molar-refractivity contribution in [2.24, 2.45) is 0 Å². The summed E-state index contributed by atoms with van der Waals surface area (Å²) in [4.78, 5) is 26.3. The molecule has 1 aromatic carbocycles. The zero-order chi connectivity index (χ0) is 28.2. The second-order valence-electron chi connectivity index (χ2n) is 9.12. The Labute approximate surface area is 227 Å². The number of benzene rings is 1. The van der Waals surface area contributed by atoms with E-state index in [9.17, 15) is 27.2 Å². The number of piperidine rings is 1. The van der Waals surface area contributed by atoms with Gasteiger partial charge in [-0.3, -0.25) is 9.59 Å². The lowest BCUT2D eigenvalue weighted by Gasteiger charge is -2.32.